The second kappa shape index (κ2) is 13.2. The zero-order valence-corrected chi connectivity index (χ0v) is 25.8. The van der Waals surface area contributed by atoms with E-state index in [2.05, 4.69) is 5.32 Å². The third-order valence-electron chi connectivity index (χ3n) is 6.59. The van der Waals surface area contributed by atoms with Gasteiger partial charge in [-0.05, 0) is 70.9 Å². The van der Waals surface area contributed by atoms with E-state index >= 15 is 0 Å². The van der Waals surface area contributed by atoms with E-state index in [9.17, 15) is 18.0 Å². The van der Waals surface area contributed by atoms with E-state index in [1.807, 2.05) is 65.8 Å². The van der Waals surface area contributed by atoms with E-state index in [1.165, 1.54) is 24.1 Å². The minimum Gasteiger partial charge on any atom is -0.497 e. The normalized spacial score (nSPS) is 12.4. The Bertz CT molecular complexity index is 1450. The SMILES string of the molecule is CC[C@H](C(=O)NC(C)(C)C)N(Cc1ccc(C)cc1)C(=O)CN(c1cccc(OC)c1)S(=O)(=O)c1ccc(C)cc1. The topological polar surface area (TPSA) is 96.0 Å². The fourth-order valence-electron chi connectivity index (χ4n) is 4.39. The zero-order chi connectivity index (χ0) is 30.4. The number of hydrogen-bond acceptors (Lipinski definition) is 5. The van der Waals surface area contributed by atoms with Crippen molar-refractivity contribution in [3.8, 4) is 5.75 Å². The van der Waals surface area contributed by atoms with E-state index in [1.54, 1.807) is 36.4 Å². The van der Waals surface area contributed by atoms with Crippen LogP contribution in [-0.4, -0.2) is 50.4 Å². The van der Waals surface area contributed by atoms with Gasteiger partial charge in [0.05, 0.1) is 17.7 Å². The molecule has 3 aromatic rings. The lowest BCUT2D eigenvalue weighted by Gasteiger charge is -2.34. The van der Waals surface area contributed by atoms with Gasteiger partial charge in [0.15, 0.2) is 0 Å². The Labute approximate surface area is 244 Å². The molecule has 0 saturated heterocycles. The first kappa shape index (κ1) is 31.7. The molecule has 2 amide bonds. The zero-order valence-electron chi connectivity index (χ0n) is 25.0. The number of nitrogens with one attached hydrogen (secondary N) is 1. The van der Waals surface area contributed by atoms with Crippen molar-refractivity contribution in [2.75, 3.05) is 18.0 Å². The number of benzene rings is 3. The number of aryl methyl sites for hydroxylation is 2. The maximum Gasteiger partial charge on any atom is 0.264 e. The van der Waals surface area contributed by atoms with Crippen LogP contribution in [-0.2, 0) is 26.2 Å². The monoisotopic (exact) mass is 579 g/mol. The number of hydrogen-bond donors (Lipinski definition) is 1. The van der Waals surface area contributed by atoms with E-state index in [0.29, 0.717) is 12.2 Å². The Hall–Kier alpha value is -3.85. The molecule has 3 aromatic carbocycles. The molecule has 0 aliphatic rings. The van der Waals surface area contributed by atoms with Crippen molar-refractivity contribution >= 4 is 27.5 Å². The summed E-state index contributed by atoms with van der Waals surface area (Å²) in [7, 11) is -2.66. The molecule has 0 bridgehead atoms. The first-order valence-corrected chi connectivity index (χ1v) is 15.1. The van der Waals surface area contributed by atoms with E-state index in [4.69, 9.17) is 4.74 Å². The number of anilines is 1. The Morgan fingerprint density at radius 3 is 2.05 bits per heavy atom. The van der Waals surface area contributed by atoms with Gasteiger partial charge in [0.25, 0.3) is 10.0 Å². The number of methoxy groups -OCH3 is 1. The van der Waals surface area contributed by atoms with Gasteiger partial charge in [-0.2, -0.15) is 0 Å². The van der Waals surface area contributed by atoms with E-state index < -0.39 is 34.1 Å². The van der Waals surface area contributed by atoms with Crippen molar-refractivity contribution in [2.45, 2.75) is 71.0 Å². The van der Waals surface area contributed by atoms with Crippen LogP contribution in [0.25, 0.3) is 0 Å². The lowest BCUT2D eigenvalue weighted by molar-refractivity contribution is -0.141. The van der Waals surface area contributed by atoms with Gasteiger partial charge >= 0.3 is 0 Å². The molecule has 0 unspecified atom stereocenters. The standard InChI is InChI=1S/C32H41N3O5S/c1-8-29(31(37)33-32(4,5)6)34(21-25-16-12-23(2)13-17-25)30(36)22-35(26-10-9-11-27(20-26)40-7)41(38,39)28-18-14-24(3)15-19-28/h9-20,29H,8,21-22H2,1-7H3,(H,33,37)/t29-/m1/s1. The van der Waals surface area contributed by atoms with Crippen molar-refractivity contribution in [2.24, 2.45) is 0 Å². The molecule has 1 N–H and O–H groups in total. The Morgan fingerprint density at radius 1 is 0.927 bits per heavy atom. The van der Waals surface area contributed by atoms with E-state index in [-0.39, 0.29) is 23.0 Å². The van der Waals surface area contributed by atoms with Crippen molar-refractivity contribution in [3.05, 3.63) is 89.5 Å². The molecule has 1 atom stereocenters. The minimum absolute atomic E-state index is 0.0568. The number of sulfonamides is 1. The van der Waals surface area contributed by atoms with Crippen LogP contribution in [0.1, 0.15) is 50.8 Å². The third-order valence-corrected chi connectivity index (χ3v) is 8.37. The number of rotatable bonds is 11. The molecule has 0 saturated carbocycles. The van der Waals surface area contributed by atoms with Gasteiger partial charge in [-0.15, -0.1) is 0 Å². The summed E-state index contributed by atoms with van der Waals surface area (Å²) in [5.74, 6) is -0.346. The van der Waals surface area contributed by atoms with Gasteiger partial charge in [-0.3, -0.25) is 13.9 Å². The molecular weight excluding hydrogens is 538 g/mol. The van der Waals surface area contributed by atoms with Crippen molar-refractivity contribution < 1.29 is 22.7 Å². The molecule has 0 radical (unpaired) electrons. The van der Waals surface area contributed by atoms with Crippen molar-refractivity contribution in [1.29, 1.82) is 0 Å². The van der Waals surface area contributed by atoms with Crippen LogP contribution in [0.4, 0.5) is 5.69 Å². The van der Waals surface area contributed by atoms with Crippen LogP contribution in [0.5, 0.6) is 5.75 Å². The molecular formula is C32H41N3O5S. The number of amides is 2. The summed E-state index contributed by atoms with van der Waals surface area (Å²) in [5.41, 5.74) is 2.58. The van der Waals surface area contributed by atoms with Gasteiger partial charge in [0, 0.05) is 18.2 Å². The average Bonchev–Trinajstić information content (AvgIpc) is 2.91. The summed E-state index contributed by atoms with van der Waals surface area (Å²) >= 11 is 0. The molecule has 0 spiro atoms. The van der Waals surface area contributed by atoms with Crippen LogP contribution in [0, 0.1) is 13.8 Å². The van der Waals surface area contributed by atoms with Crippen molar-refractivity contribution in [3.63, 3.8) is 0 Å². The third kappa shape index (κ3) is 8.33. The highest BCUT2D eigenvalue weighted by atomic mass is 32.2. The highest BCUT2D eigenvalue weighted by Gasteiger charge is 2.34. The number of nitrogens with zero attached hydrogens (tertiary/aromatic N) is 2. The molecule has 8 nitrogen and oxygen atoms in total. The molecule has 0 aromatic heterocycles. The average molecular weight is 580 g/mol. The Kier molecular flexibility index (Phi) is 10.2. The fourth-order valence-corrected chi connectivity index (χ4v) is 5.80. The first-order valence-electron chi connectivity index (χ1n) is 13.7. The Morgan fingerprint density at radius 2 is 1.51 bits per heavy atom. The molecule has 220 valence electrons. The summed E-state index contributed by atoms with van der Waals surface area (Å²) in [5, 5.41) is 2.98. The largest absolute Gasteiger partial charge is 0.497 e. The summed E-state index contributed by atoms with van der Waals surface area (Å²) in [6.07, 6.45) is 0.351. The number of ether oxygens (including phenoxy) is 1. The van der Waals surface area contributed by atoms with Crippen LogP contribution >= 0.6 is 0 Å². The summed E-state index contributed by atoms with van der Waals surface area (Å²) in [4.78, 5) is 29.1. The molecule has 3 rings (SSSR count). The highest BCUT2D eigenvalue weighted by molar-refractivity contribution is 7.92. The smallest absolute Gasteiger partial charge is 0.264 e. The van der Waals surface area contributed by atoms with E-state index in [0.717, 1.165) is 21.0 Å². The quantitative estimate of drug-likeness (QED) is 0.336. The second-order valence-electron chi connectivity index (χ2n) is 11.2. The molecule has 41 heavy (non-hydrogen) atoms. The second-order valence-corrected chi connectivity index (χ2v) is 13.1. The summed E-state index contributed by atoms with van der Waals surface area (Å²) in [6.45, 7) is 11.0. The fraction of sp³-hybridized carbons (Fsp3) is 0.375. The summed E-state index contributed by atoms with van der Waals surface area (Å²) in [6, 6.07) is 20.0. The highest BCUT2D eigenvalue weighted by Crippen LogP contribution is 2.28. The van der Waals surface area contributed by atoms with Crippen LogP contribution in [0.15, 0.2) is 77.7 Å². The van der Waals surface area contributed by atoms with Gasteiger partial charge in [0.2, 0.25) is 11.8 Å². The lowest BCUT2D eigenvalue weighted by atomic mass is 10.1. The van der Waals surface area contributed by atoms with Gasteiger partial charge in [0.1, 0.15) is 18.3 Å². The minimum atomic E-state index is -4.15. The lowest BCUT2D eigenvalue weighted by Crippen LogP contribution is -2.55. The molecule has 9 heteroatoms. The van der Waals surface area contributed by atoms with Crippen LogP contribution in [0.2, 0.25) is 0 Å². The first-order chi connectivity index (χ1) is 19.2. The predicted octanol–water partition coefficient (Wildman–Crippen LogP) is 5.23. The number of carbonyl (C=O) groups is 2. The maximum atomic E-state index is 14.2. The van der Waals surface area contributed by atoms with Crippen molar-refractivity contribution in [1.82, 2.24) is 10.2 Å². The van der Waals surface area contributed by atoms with Crippen LogP contribution < -0.4 is 14.4 Å². The van der Waals surface area contributed by atoms with Gasteiger partial charge < -0.3 is 15.0 Å². The summed E-state index contributed by atoms with van der Waals surface area (Å²) < 4.78 is 34.4. The van der Waals surface area contributed by atoms with Crippen LogP contribution in [0.3, 0.4) is 0 Å². The predicted molar refractivity (Wildman–Crippen MR) is 162 cm³/mol. The molecule has 0 fully saturated rings. The van der Waals surface area contributed by atoms with Gasteiger partial charge in [-0.1, -0.05) is 60.5 Å². The molecule has 0 aliphatic heterocycles. The van der Waals surface area contributed by atoms with Gasteiger partial charge in [-0.25, -0.2) is 8.42 Å². The molecule has 0 aliphatic carbocycles. The maximum absolute atomic E-state index is 14.2. The molecule has 0 heterocycles. The Balaban J connectivity index is 2.09. The number of carbonyl (C=O) groups excluding carboxylic acids is 2.